The first-order valence-corrected chi connectivity index (χ1v) is 7.04. The summed E-state index contributed by atoms with van der Waals surface area (Å²) in [5.74, 6) is -0.397. The number of carbonyl (C=O) groups is 1. The molecule has 2 nitrogen and oxygen atoms in total. The minimum Gasteiger partial charge on any atom is -0.267 e. The lowest BCUT2D eigenvalue weighted by Crippen LogP contribution is -2.36. The molecule has 0 saturated carbocycles. The monoisotopic (exact) mass is 281 g/mol. The number of hydrogen-bond acceptors (Lipinski definition) is 1. The van der Waals surface area contributed by atoms with E-state index in [0.717, 1.165) is 11.1 Å². The molecule has 0 aliphatic heterocycles. The number of amides is 1. The third-order valence-electron chi connectivity index (χ3n) is 3.86. The normalized spacial score (nSPS) is 22.9. The smallest absolute Gasteiger partial charge is 0.267 e. The van der Waals surface area contributed by atoms with Crippen molar-refractivity contribution in [2.75, 3.05) is 0 Å². The topological polar surface area (TPSA) is 29.4 Å². The van der Waals surface area contributed by atoms with Gasteiger partial charge in [-0.1, -0.05) is 42.5 Å². The number of halogens is 1. The van der Waals surface area contributed by atoms with Crippen molar-refractivity contribution in [2.45, 2.75) is 25.4 Å². The molecule has 3 rings (SSSR count). The van der Waals surface area contributed by atoms with E-state index in [0.29, 0.717) is 18.4 Å². The summed E-state index contributed by atoms with van der Waals surface area (Å²) in [6.45, 7) is 1.50. The number of aliphatic imine (C=N–C) groups is 1. The van der Waals surface area contributed by atoms with Crippen LogP contribution in [0.25, 0.3) is 0 Å². The maximum atomic E-state index is 14.8. The number of rotatable bonds is 1. The van der Waals surface area contributed by atoms with E-state index in [-0.39, 0.29) is 5.71 Å². The molecule has 2 aromatic carbocycles. The van der Waals surface area contributed by atoms with Crippen molar-refractivity contribution < 1.29 is 9.18 Å². The van der Waals surface area contributed by atoms with Crippen LogP contribution in [0.5, 0.6) is 0 Å². The Kier molecular flexibility index (Phi) is 3.42. The van der Waals surface area contributed by atoms with Crippen LogP contribution in [0.15, 0.2) is 59.6 Å². The summed E-state index contributed by atoms with van der Waals surface area (Å²) in [6, 6.07) is 16.3. The zero-order valence-corrected chi connectivity index (χ0v) is 11.8. The van der Waals surface area contributed by atoms with E-state index in [4.69, 9.17) is 0 Å². The number of nitrogens with zero attached hydrogens (tertiary/aromatic N) is 1. The SMILES string of the molecule is CC1(F)CCc2ccccc2C1=NC(=O)c1ccccc1. The van der Waals surface area contributed by atoms with Crippen molar-refractivity contribution in [1.29, 1.82) is 0 Å². The van der Waals surface area contributed by atoms with E-state index < -0.39 is 11.6 Å². The zero-order chi connectivity index (χ0) is 14.9. The molecule has 0 radical (unpaired) electrons. The highest BCUT2D eigenvalue weighted by molar-refractivity contribution is 6.15. The molecule has 0 fully saturated rings. The standard InChI is InChI=1S/C18H16FNO/c1-18(19)12-11-13-7-5-6-10-15(13)16(18)20-17(21)14-8-3-2-4-9-14/h2-10H,11-12H2,1H3. The third kappa shape index (κ3) is 2.64. The molecule has 106 valence electrons. The Morgan fingerprint density at radius 3 is 2.52 bits per heavy atom. The van der Waals surface area contributed by atoms with Crippen LogP contribution < -0.4 is 0 Å². The van der Waals surface area contributed by atoms with Gasteiger partial charge in [0.05, 0.1) is 5.71 Å². The Bertz CT molecular complexity index is 704. The second-order valence-electron chi connectivity index (χ2n) is 5.49. The number of fused-ring (bicyclic) bond motifs is 1. The van der Waals surface area contributed by atoms with Gasteiger partial charge in [-0.25, -0.2) is 9.38 Å². The van der Waals surface area contributed by atoms with Crippen LogP contribution in [-0.4, -0.2) is 17.3 Å². The average molecular weight is 281 g/mol. The highest BCUT2D eigenvalue weighted by atomic mass is 19.1. The summed E-state index contributed by atoms with van der Waals surface area (Å²) in [5, 5.41) is 0. The molecule has 1 amide bonds. The predicted octanol–water partition coefficient (Wildman–Crippen LogP) is 3.99. The predicted molar refractivity (Wildman–Crippen MR) is 81.6 cm³/mol. The molecule has 1 aliphatic rings. The van der Waals surface area contributed by atoms with Crippen LogP contribution in [-0.2, 0) is 6.42 Å². The van der Waals surface area contributed by atoms with Gasteiger partial charge in [-0.05, 0) is 37.5 Å². The minimum atomic E-state index is -1.57. The van der Waals surface area contributed by atoms with Crippen molar-refractivity contribution in [3.05, 3.63) is 71.3 Å². The van der Waals surface area contributed by atoms with Crippen LogP contribution in [0.4, 0.5) is 4.39 Å². The van der Waals surface area contributed by atoms with E-state index in [1.165, 1.54) is 6.92 Å². The van der Waals surface area contributed by atoms with E-state index >= 15 is 0 Å². The van der Waals surface area contributed by atoms with Crippen molar-refractivity contribution in [3.8, 4) is 0 Å². The van der Waals surface area contributed by atoms with Gasteiger partial charge in [-0.15, -0.1) is 0 Å². The van der Waals surface area contributed by atoms with Crippen molar-refractivity contribution in [2.24, 2.45) is 4.99 Å². The van der Waals surface area contributed by atoms with Gasteiger partial charge in [0.25, 0.3) is 5.91 Å². The molecule has 0 aromatic heterocycles. The Balaban J connectivity index is 2.07. The van der Waals surface area contributed by atoms with Crippen molar-refractivity contribution in [1.82, 2.24) is 0 Å². The number of carbonyl (C=O) groups excluding carboxylic acids is 1. The summed E-state index contributed by atoms with van der Waals surface area (Å²) in [7, 11) is 0. The first kappa shape index (κ1) is 13.7. The fourth-order valence-corrected chi connectivity index (χ4v) is 2.66. The van der Waals surface area contributed by atoms with Crippen molar-refractivity contribution >= 4 is 11.6 Å². The van der Waals surface area contributed by atoms with Gasteiger partial charge in [0, 0.05) is 11.1 Å². The number of alkyl halides is 1. The Morgan fingerprint density at radius 2 is 1.76 bits per heavy atom. The largest absolute Gasteiger partial charge is 0.277 e. The molecule has 0 heterocycles. The first-order chi connectivity index (χ1) is 10.1. The number of benzene rings is 2. The van der Waals surface area contributed by atoms with E-state index in [1.807, 2.05) is 30.3 Å². The molecule has 0 spiro atoms. The molecule has 1 aliphatic carbocycles. The molecule has 1 atom stereocenters. The van der Waals surface area contributed by atoms with Crippen LogP contribution in [0, 0.1) is 0 Å². The van der Waals surface area contributed by atoms with Crippen LogP contribution in [0.2, 0.25) is 0 Å². The average Bonchev–Trinajstić information content (AvgIpc) is 2.51. The Labute approximate surface area is 123 Å². The molecule has 21 heavy (non-hydrogen) atoms. The van der Waals surface area contributed by atoms with E-state index in [1.54, 1.807) is 24.3 Å². The summed E-state index contributed by atoms with van der Waals surface area (Å²) >= 11 is 0. The molecule has 0 saturated heterocycles. The van der Waals surface area contributed by atoms with Crippen LogP contribution >= 0.6 is 0 Å². The lowest BCUT2D eigenvalue weighted by molar-refractivity contribution is 0.1000. The lowest BCUT2D eigenvalue weighted by Gasteiger charge is -2.29. The van der Waals surface area contributed by atoms with Gasteiger partial charge in [-0.3, -0.25) is 4.79 Å². The third-order valence-corrected chi connectivity index (χ3v) is 3.86. The minimum absolute atomic E-state index is 0.248. The second kappa shape index (κ2) is 5.24. The van der Waals surface area contributed by atoms with Crippen LogP contribution in [0.1, 0.15) is 34.8 Å². The van der Waals surface area contributed by atoms with Gasteiger partial charge in [0.2, 0.25) is 0 Å². The fourth-order valence-electron chi connectivity index (χ4n) is 2.66. The molecular formula is C18H16FNO. The summed E-state index contributed by atoms with van der Waals surface area (Å²) in [6.07, 6.45) is 1.02. The fraction of sp³-hybridized carbons (Fsp3) is 0.222. The Morgan fingerprint density at radius 1 is 1.10 bits per heavy atom. The number of hydrogen-bond donors (Lipinski definition) is 0. The highest BCUT2D eigenvalue weighted by Crippen LogP contribution is 2.32. The maximum Gasteiger partial charge on any atom is 0.277 e. The summed E-state index contributed by atoms with van der Waals surface area (Å²) < 4.78 is 14.8. The molecule has 2 aromatic rings. The molecule has 0 bridgehead atoms. The van der Waals surface area contributed by atoms with Gasteiger partial charge in [0.15, 0.2) is 5.67 Å². The lowest BCUT2D eigenvalue weighted by atomic mass is 9.81. The quantitative estimate of drug-likeness (QED) is 0.777. The molecule has 1 unspecified atom stereocenters. The summed E-state index contributed by atoms with van der Waals surface area (Å²) in [4.78, 5) is 16.4. The molecule has 3 heteroatoms. The second-order valence-corrected chi connectivity index (χ2v) is 5.49. The van der Waals surface area contributed by atoms with Crippen LogP contribution in [0.3, 0.4) is 0 Å². The van der Waals surface area contributed by atoms with Gasteiger partial charge < -0.3 is 0 Å². The molecular weight excluding hydrogens is 265 g/mol. The molecule has 0 N–H and O–H groups in total. The first-order valence-electron chi connectivity index (χ1n) is 7.04. The maximum absolute atomic E-state index is 14.8. The van der Waals surface area contributed by atoms with Gasteiger partial charge in [0.1, 0.15) is 0 Å². The zero-order valence-electron chi connectivity index (χ0n) is 11.8. The Hall–Kier alpha value is -2.29. The van der Waals surface area contributed by atoms with Gasteiger partial charge in [-0.2, -0.15) is 0 Å². The van der Waals surface area contributed by atoms with E-state index in [2.05, 4.69) is 4.99 Å². The van der Waals surface area contributed by atoms with E-state index in [9.17, 15) is 9.18 Å². The van der Waals surface area contributed by atoms with Gasteiger partial charge >= 0.3 is 0 Å². The highest BCUT2D eigenvalue weighted by Gasteiger charge is 2.36. The summed E-state index contributed by atoms with van der Waals surface area (Å²) in [5.41, 5.74) is 0.950. The number of aryl methyl sites for hydroxylation is 1. The van der Waals surface area contributed by atoms with Crippen molar-refractivity contribution in [3.63, 3.8) is 0 Å².